The second-order valence-corrected chi connectivity index (χ2v) is 7.67. The monoisotopic (exact) mass is 364 g/mol. The molecule has 3 atom stereocenters. The van der Waals surface area contributed by atoms with E-state index < -0.39 is 0 Å². The Bertz CT molecular complexity index is 882. The fourth-order valence-electron chi connectivity index (χ4n) is 4.84. The Morgan fingerprint density at radius 1 is 1.07 bits per heavy atom. The number of para-hydroxylation sites is 1. The van der Waals surface area contributed by atoms with E-state index in [9.17, 15) is 4.79 Å². The molecule has 0 saturated carbocycles. The summed E-state index contributed by atoms with van der Waals surface area (Å²) in [6, 6.07) is 14.1. The molecule has 140 valence electrons. The normalized spacial score (nSPS) is 26.1. The van der Waals surface area contributed by atoms with Crippen molar-refractivity contribution in [1.82, 2.24) is 10.2 Å². The smallest absolute Gasteiger partial charge is 0.258 e. The summed E-state index contributed by atoms with van der Waals surface area (Å²) in [4.78, 5) is 15.7. The molecule has 0 bridgehead atoms. The van der Waals surface area contributed by atoms with Crippen molar-refractivity contribution >= 4 is 5.91 Å². The number of carbonyl (C=O) groups excluding carboxylic acids is 1. The Kier molecular flexibility index (Phi) is 4.05. The number of hydrogen-bond acceptors (Lipinski definition) is 4. The Hall–Kier alpha value is -2.53. The van der Waals surface area contributed by atoms with Crippen LogP contribution in [0, 0.1) is 18.8 Å². The van der Waals surface area contributed by atoms with Crippen molar-refractivity contribution in [1.29, 1.82) is 0 Å². The zero-order chi connectivity index (χ0) is 18.4. The molecule has 27 heavy (non-hydrogen) atoms. The van der Waals surface area contributed by atoms with Gasteiger partial charge in [-0.05, 0) is 36.1 Å². The van der Waals surface area contributed by atoms with E-state index in [1.165, 1.54) is 11.1 Å². The number of amides is 1. The van der Waals surface area contributed by atoms with Crippen LogP contribution >= 0.6 is 0 Å². The standard InChI is InChI=1S/C22H24N2O3/c1-14-5-2-3-6-16(14)20-18-12-23-11-15(18)13-24(20)22(25)17-7-4-8-19-21(17)27-10-9-26-19/h2-8,15,18,20,23H,9-13H2,1H3/t15-,18-,20+/m0/s1. The number of benzene rings is 2. The van der Waals surface area contributed by atoms with E-state index in [0.29, 0.717) is 42.1 Å². The first-order valence-corrected chi connectivity index (χ1v) is 9.70. The highest BCUT2D eigenvalue weighted by atomic mass is 16.6. The van der Waals surface area contributed by atoms with Gasteiger partial charge in [0.2, 0.25) is 0 Å². The first kappa shape index (κ1) is 16.6. The number of rotatable bonds is 2. The average molecular weight is 364 g/mol. The molecule has 2 aromatic rings. The Labute approximate surface area is 159 Å². The summed E-state index contributed by atoms with van der Waals surface area (Å²) >= 11 is 0. The van der Waals surface area contributed by atoms with E-state index in [2.05, 4.69) is 41.4 Å². The summed E-state index contributed by atoms with van der Waals surface area (Å²) in [5.41, 5.74) is 3.10. The summed E-state index contributed by atoms with van der Waals surface area (Å²) in [5.74, 6) is 2.25. The highest BCUT2D eigenvalue weighted by molar-refractivity contribution is 5.98. The quantitative estimate of drug-likeness (QED) is 0.890. The van der Waals surface area contributed by atoms with Crippen molar-refractivity contribution in [2.45, 2.75) is 13.0 Å². The predicted molar refractivity (Wildman–Crippen MR) is 102 cm³/mol. The van der Waals surface area contributed by atoms with Crippen molar-refractivity contribution in [3.63, 3.8) is 0 Å². The first-order valence-electron chi connectivity index (χ1n) is 9.70. The van der Waals surface area contributed by atoms with E-state index in [1.807, 2.05) is 18.2 Å². The molecule has 1 N–H and O–H groups in total. The maximum Gasteiger partial charge on any atom is 0.258 e. The number of fused-ring (bicyclic) bond motifs is 2. The third-order valence-corrected chi connectivity index (χ3v) is 6.13. The lowest BCUT2D eigenvalue weighted by Gasteiger charge is -2.30. The van der Waals surface area contributed by atoms with E-state index >= 15 is 0 Å². The maximum absolute atomic E-state index is 13.6. The Morgan fingerprint density at radius 2 is 1.93 bits per heavy atom. The minimum Gasteiger partial charge on any atom is -0.486 e. The lowest BCUT2D eigenvalue weighted by Crippen LogP contribution is -2.35. The fourth-order valence-corrected chi connectivity index (χ4v) is 4.84. The fraction of sp³-hybridized carbons (Fsp3) is 0.409. The summed E-state index contributed by atoms with van der Waals surface area (Å²) in [6.45, 7) is 5.85. The molecule has 3 aliphatic rings. The van der Waals surface area contributed by atoms with Crippen molar-refractivity contribution in [3.05, 3.63) is 59.2 Å². The summed E-state index contributed by atoms with van der Waals surface area (Å²) < 4.78 is 11.5. The van der Waals surface area contributed by atoms with Gasteiger partial charge in [0.25, 0.3) is 5.91 Å². The van der Waals surface area contributed by atoms with Crippen LogP contribution in [0.2, 0.25) is 0 Å². The molecular formula is C22H24N2O3. The molecule has 2 saturated heterocycles. The zero-order valence-electron chi connectivity index (χ0n) is 15.5. The largest absolute Gasteiger partial charge is 0.486 e. The van der Waals surface area contributed by atoms with Crippen molar-refractivity contribution in [2.24, 2.45) is 11.8 Å². The SMILES string of the molecule is Cc1ccccc1[C@@H]1[C@H]2CNC[C@H]2CN1C(=O)c1cccc2c1OCCO2. The van der Waals surface area contributed by atoms with Crippen LogP contribution in [-0.4, -0.2) is 43.7 Å². The molecule has 0 aromatic heterocycles. The van der Waals surface area contributed by atoms with Gasteiger partial charge in [-0.25, -0.2) is 0 Å². The molecule has 0 spiro atoms. The molecule has 1 amide bonds. The van der Waals surface area contributed by atoms with E-state index in [1.54, 1.807) is 0 Å². The summed E-state index contributed by atoms with van der Waals surface area (Å²) in [5, 5.41) is 3.51. The van der Waals surface area contributed by atoms with Gasteiger partial charge in [0, 0.05) is 25.6 Å². The number of aryl methyl sites for hydroxylation is 1. The lowest BCUT2D eigenvalue weighted by atomic mass is 9.87. The Balaban J connectivity index is 1.55. The third-order valence-electron chi connectivity index (χ3n) is 6.13. The predicted octanol–water partition coefficient (Wildman–Crippen LogP) is 2.80. The second kappa shape index (κ2) is 6.57. The van der Waals surface area contributed by atoms with Gasteiger partial charge < -0.3 is 19.7 Å². The first-order chi connectivity index (χ1) is 13.2. The summed E-state index contributed by atoms with van der Waals surface area (Å²) in [6.07, 6.45) is 0. The Morgan fingerprint density at radius 3 is 2.81 bits per heavy atom. The van der Waals surface area contributed by atoms with E-state index in [4.69, 9.17) is 9.47 Å². The second-order valence-electron chi connectivity index (χ2n) is 7.67. The van der Waals surface area contributed by atoms with E-state index in [-0.39, 0.29) is 11.9 Å². The number of carbonyl (C=O) groups is 1. The highest BCUT2D eigenvalue weighted by Gasteiger charge is 2.47. The number of ether oxygens (including phenoxy) is 2. The van der Waals surface area contributed by atoms with Gasteiger partial charge in [-0.15, -0.1) is 0 Å². The molecule has 3 aliphatic heterocycles. The van der Waals surface area contributed by atoms with Crippen LogP contribution in [0.1, 0.15) is 27.5 Å². The lowest BCUT2D eigenvalue weighted by molar-refractivity contribution is 0.0703. The number of likely N-dealkylation sites (tertiary alicyclic amines) is 1. The third kappa shape index (κ3) is 2.69. The van der Waals surface area contributed by atoms with E-state index in [0.717, 1.165) is 19.6 Å². The van der Waals surface area contributed by atoms with Gasteiger partial charge in [0.05, 0.1) is 11.6 Å². The molecule has 0 radical (unpaired) electrons. The van der Waals surface area contributed by atoms with Crippen LogP contribution in [0.25, 0.3) is 0 Å². The van der Waals surface area contributed by atoms with Gasteiger partial charge in [-0.1, -0.05) is 30.3 Å². The maximum atomic E-state index is 13.6. The van der Waals surface area contributed by atoms with Gasteiger partial charge >= 0.3 is 0 Å². The average Bonchev–Trinajstić information content (AvgIpc) is 3.29. The van der Waals surface area contributed by atoms with Crippen LogP contribution in [0.4, 0.5) is 0 Å². The van der Waals surface area contributed by atoms with Crippen molar-refractivity contribution in [2.75, 3.05) is 32.8 Å². The van der Waals surface area contributed by atoms with Crippen LogP contribution < -0.4 is 14.8 Å². The van der Waals surface area contributed by atoms with Gasteiger partial charge in [-0.2, -0.15) is 0 Å². The molecule has 5 rings (SSSR count). The minimum atomic E-state index is 0.0417. The molecule has 5 nitrogen and oxygen atoms in total. The number of nitrogens with one attached hydrogen (secondary N) is 1. The van der Waals surface area contributed by atoms with Crippen LogP contribution in [0.5, 0.6) is 11.5 Å². The van der Waals surface area contributed by atoms with Crippen LogP contribution in [0.3, 0.4) is 0 Å². The highest BCUT2D eigenvalue weighted by Crippen LogP contribution is 2.45. The molecule has 2 aromatic carbocycles. The van der Waals surface area contributed by atoms with Gasteiger partial charge in [0.1, 0.15) is 13.2 Å². The number of nitrogens with zero attached hydrogens (tertiary/aromatic N) is 1. The molecule has 0 unspecified atom stereocenters. The molecule has 5 heteroatoms. The zero-order valence-corrected chi connectivity index (χ0v) is 15.5. The molecule has 2 fully saturated rings. The van der Waals surface area contributed by atoms with Crippen molar-refractivity contribution in [3.8, 4) is 11.5 Å². The minimum absolute atomic E-state index is 0.0417. The molecule has 3 heterocycles. The van der Waals surface area contributed by atoms with Crippen LogP contribution in [-0.2, 0) is 0 Å². The molecular weight excluding hydrogens is 340 g/mol. The molecule has 0 aliphatic carbocycles. The summed E-state index contributed by atoms with van der Waals surface area (Å²) in [7, 11) is 0. The van der Waals surface area contributed by atoms with Crippen LogP contribution in [0.15, 0.2) is 42.5 Å². The number of hydrogen-bond donors (Lipinski definition) is 1. The van der Waals surface area contributed by atoms with Gasteiger partial charge in [0.15, 0.2) is 11.5 Å². The topological polar surface area (TPSA) is 50.8 Å². The van der Waals surface area contributed by atoms with Gasteiger partial charge in [-0.3, -0.25) is 4.79 Å². The van der Waals surface area contributed by atoms with Crippen molar-refractivity contribution < 1.29 is 14.3 Å².